The number of nitrogens with zero attached hydrogens (tertiary/aromatic N) is 1. The van der Waals surface area contributed by atoms with Gasteiger partial charge in [-0.1, -0.05) is 33.6 Å². The molecule has 0 unspecified atom stereocenters. The van der Waals surface area contributed by atoms with E-state index in [4.69, 9.17) is 21.6 Å². The molecule has 0 atom stereocenters. The van der Waals surface area contributed by atoms with Gasteiger partial charge in [0.2, 0.25) is 0 Å². The number of rotatable bonds is 4. The van der Waals surface area contributed by atoms with Gasteiger partial charge in [0.05, 0.1) is 16.7 Å². The highest BCUT2D eigenvalue weighted by atomic mass is 79.9. The molecule has 102 valence electrons. The molecule has 0 spiro atoms. The molecular weight excluding hydrogens is 345 g/mol. The topological polar surface area (TPSA) is 33.0 Å². The summed E-state index contributed by atoms with van der Waals surface area (Å²) < 4.78 is 19.1. The maximum Gasteiger partial charge on any atom is 0.138 e. The first-order valence-corrected chi connectivity index (χ1v) is 7.29. The fourth-order valence-corrected chi connectivity index (χ4v) is 2.26. The lowest BCUT2D eigenvalue weighted by Gasteiger charge is -2.10. The van der Waals surface area contributed by atoms with E-state index in [0.717, 1.165) is 5.56 Å². The smallest absolute Gasteiger partial charge is 0.138 e. The summed E-state index contributed by atoms with van der Waals surface area (Å²) >= 11 is 9.42. The van der Waals surface area contributed by atoms with E-state index in [1.54, 1.807) is 12.1 Å². The lowest BCUT2D eigenvalue weighted by molar-refractivity contribution is 0.300. The molecule has 2 aromatic carbocycles. The first-order valence-electron chi connectivity index (χ1n) is 5.79. The van der Waals surface area contributed by atoms with Gasteiger partial charge in [0, 0.05) is 10.9 Å². The van der Waals surface area contributed by atoms with Crippen molar-refractivity contribution in [3.05, 3.63) is 63.9 Å². The highest BCUT2D eigenvalue weighted by Crippen LogP contribution is 2.27. The third kappa shape index (κ3) is 3.50. The van der Waals surface area contributed by atoms with Crippen LogP contribution >= 0.6 is 27.5 Å². The first-order chi connectivity index (χ1) is 9.63. The Kier molecular flexibility index (Phi) is 4.99. The molecule has 0 N–H and O–H groups in total. The zero-order chi connectivity index (χ0) is 14.5. The van der Waals surface area contributed by atoms with Gasteiger partial charge in [-0.2, -0.15) is 5.26 Å². The Bertz CT molecular complexity index is 669. The van der Waals surface area contributed by atoms with Gasteiger partial charge in [-0.25, -0.2) is 4.39 Å². The van der Waals surface area contributed by atoms with Crippen LogP contribution in [-0.4, -0.2) is 0 Å². The Morgan fingerprint density at radius 1 is 1.25 bits per heavy atom. The Hall–Kier alpha value is -1.57. The summed E-state index contributed by atoms with van der Waals surface area (Å²) in [7, 11) is 0. The molecule has 0 heterocycles. The normalized spacial score (nSPS) is 10.1. The molecule has 0 saturated carbocycles. The molecule has 0 aliphatic carbocycles. The highest BCUT2D eigenvalue weighted by Gasteiger charge is 2.07. The van der Waals surface area contributed by atoms with Crippen LogP contribution in [0.15, 0.2) is 36.4 Å². The Balaban J connectivity index is 2.15. The SMILES string of the molecule is N#Cc1ccc(F)c(COc2ccc(CBr)cc2Cl)c1. The molecule has 0 amide bonds. The van der Waals surface area contributed by atoms with Crippen molar-refractivity contribution < 1.29 is 9.13 Å². The lowest BCUT2D eigenvalue weighted by Crippen LogP contribution is -2.00. The molecule has 2 aromatic rings. The van der Waals surface area contributed by atoms with Gasteiger partial charge in [0.1, 0.15) is 18.2 Å². The van der Waals surface area contributed by atoms with Gasteiger partial charge in [0.25, 0.3) is 0 Å². The summed E-state index contributed by atoms with van der Waals surface area (Å²) in [5, 5.41) is 9.97. The Morgan fingerprint density at radius 3 is 2.70 bits per heavy atom. The molecular formula is C15H10BrClFNO. The summed E-state index contributed by atoms with van der Waals surface area (Å²) in [6.45, 7) is 0.0226. The van der Waals surface area contributed by atoms with Crippen LogP contribution < -0.4 is 4.74 Å². The van der Waals surface area contributed by atoms with Gasteiger partial charge >= 0.3 is 0 Å². The second-order valence-corrected chi connectivity index (χ2v) is 5.07. The van der Waals surface area contributed by atoms with Gasteiger partial charge < -0.3 is 4.74 Å². The largest absolute Gasteiger partial charge is 0.487 e. The summed E-state index contributed by atoms with van der Waals surface area (Å²) in [5.41, 5.74) is 1.75. The number of hydrogen-bond acceptors (Lipinski definition) is 2. The van der Waals surface area contributed by atoms with E-state index in [9.17, 15) is 4.39 Å². The summed E-state index contributed by atoms with van der Waals surface area (Å²) in [4.78, 5) is 0. The summed E-state index contributed by atoms with van der Waals surface area (Å²) in [5.74, 6) is 0.0790. The zero-order valence-electron chi connectivity index (χ0n) is 10.4. The quantitative estimate of drug-likeness (QED) is 0.737. The number of benzene rings is 2. The predicted octanol–water partition coefficient (Wildman–Crippen LogP) is 4.82. The van der Waals surface area contributed by atoms with Crippen molar-refractivity contribution in [1.82, 2.24) is 0 Å². The molecule has 5 heteroatoms. The maximum absolute atomic E-state index is 13.6. The minimum absolute atomic E-state index is 0.0226. The molecule has 0 bridgehead atoms. The van der Waals surface area contributed by atoms with Gasteiger partial charge in [-0.3, -0.25) is 0 Å². The molecule has 0 aliphatic heterocycles. The minimum Gasteiger partial charge on any atom is -0.487 e. The van der Waals surface area contributed by atoms with Crippen molar-refractivity contribution in [3.63, 3.8) is 0 Å². The maximum atomic E-state index is 13.6. The minimum atomic E-state index is -0.405. The average Bonchev–Trinajstić information content (AvgIpc) is 2.47. The second-order valence-electron chi connectivity index (χ2n) is 4.11. The van der Waals surface area contributed by atoms with Crippen LogP contribution in [0, 0.1) is 17.1 Å². The summed E-state index contributed by atoms with van der Waals surface area (Å²) in [6.07, 6.45) is 0. The molecule has 0 fully saturated rings. The van der Waals surface area contributed by atoms with Crippen LogP contribution in [0.5, 0.6) is 5.75 Å². The molecule has 0 radical (unpaired) electrons. The van der Waals surface area contributed by atoms with Crippen molar-refractivity contribution in [2.45, 2.75) is 11.9 Å². The van der Waals surface area contributed by atoms with E-state index < -0.39 is 5.82 Å². The monoisotopic (exact) mass is 353 g/mol. The molecule has 0 aliphatic rings. The van der Waals surface area contributed by atoms with E-state index in [-0.39, 0.29) is 6.61 Å². The van der Waals surface area contributed by atoms with Crippen LogP contribution in [-0.2, 0) is 11.9 Å². The second kappa shape index (κ2) is 6.74. The molecule has 20 heavy (non-hydrogen) atoms. The van der Waals surface area contributed by atoms with Crippen molar-refractivity contribution in [2.75, 3.05) is 0 Å². The van der Waals surface area contributed by atoms with Crippen LogP contribution in [0.25, 0.3) is 0 Å². The zero-order valence-corrected chi connectivity index (χ0v) is 12.7. The van der Waals surface area contributed by atoms with Crippen LogP contribution in [0.1, 0.15) is 16.7 Å². The van der Waals surface area contributed by atoms with E-state index >= 15 is 0 Å². The van der Waals surface area contributed by atoms with Gasteiger partial charge in [0.15, 0.2) is 0 Å². The van der Waals surface area contributed by atoms with Crippen molar-refractivity contribution in [3.8, 4) is 11.8 Å². The average molecular weight is 355 g/mol. The van der Waals surface area contributed by atoms with E-state index in [1.165, 1.54) is 18.2 Å². The Labute approximate surface area is 129 Å². The Morgan fingerprint density at radius 2 is 2.05 bits per heavy atom. The van der Waals surface area contributed by atoms with Crippen molar-refractivity contribution >= 4 is 27.5 Å². The third-order valence-electron chi connectivity index (χ3n) is 2.71. The van der Waals surface area contributed by atoms with Crippen molar-refractivity contribution in [1.29, 1.82) is 5.26 Å². The fourth-order valence-electron chi connectivity index (χ4n) is 1.65. The summed E-state index contributed by atoms with van der Waals surface area (Å²) in [6, 6.07) is 11.5. The number of hydrogen-bond donors (Lipinski definition) is 0. The van der Waals surface area contributed by atoms with E-state index in [2.05, 4.69) is 15.9 Å². The van der Waals surface area contributed by atoms with E-state index in [1.807, 2.05) is 12.1 Å². The predicted molar refractivity (Wildman–Crippen MR) is 79.5 cm³/mol. The number of nitriles is 1. The van der Waals surface area contributed by atoms with Gasteiger partial charge in [-0.15, -0.1) is 0 Å². The number of ether oxygens (including phenoxy) is 1. The first kappa shape index (κ1) is 14.8. The van der Waals surface area contributed by atoms with Crippen molar-refractivity contribution in [2.24, 2.45) is 0 Å². The molecule has 2 rings (SSSR count). The van der Waals surface area contributed by atoms with Gasteiger partial charge in [-0.05, 0) is 35.9 Å². The lowest BCUT2D eigenvalue weighted by atomic mass is 10.1. The fraction of sp³-hybridized carbons (Fsp3) is 0.133. The highest BCUT2D eigenvalue weighted by molar-refractivity contribution is 9.08. The molecule has 2 nitrogen and oxygen atoms in total. The third-order valence-corrected chi connectivity index (χ3v) is 3.65. The van der Waals surface area contributed by atoms with E-state index in [0.29, 0.717) is 27.2 Å². The molecule has 0 saturated heterocycles. The number of halogens is 3. The molecule has 0 aromatic heterocycles. The van der Waals surface area contributed by atoms with Crippen LogP contribution in [0.2, 0.25) is 5.02 Å². The van der Waals surface area contributed by atoms with Crippen LogP contribution in [0.4, 0.5) is 4.39 Å². The van der Waals surface area contributed by atoms with Crippen LogP contribution in [0.3, 0.4) is 0 Å². The standard InChI is InChI=1S/C15H10BrClFNO/c16-7-10-2-4-15(13(17)6-10)20-9-12-5-11(8-19)1-3-14(12)18/h1-6H,7,9H2. The number of alkyl halides is 1.